The van der Waals surface area contributed by atoms with Gasteiger partial charge in [0, 0.05) is 24.8 Å². The molecule has 0 saturated carbocycles. The predicted octanol–water partition coefficient (Wildman–Crippen LogP) is 0.0895. The quantitative estimate of drug-likeness (QED) is 0.497. The van der Waals surface area contributed by atoms with Crippen molar-refractivity contribution in [3.63, 3.8) is 0 Å². The Morgan fingerprint density at radius 1 is 1.28 bits per heavy atom. The van der Waals surface area contributed by atoms with E-state index >= 15 is 0 Å². The third-order valence-electron chi connectivity index (χ3n) is 2.41. The first-order chi connectivity index (χ1) is 8.37. The van der Waals surface area contributed by atoms with E-state index in [-0.39, 0.29) is 5.75 Å². The monoisotopic (exact) mass is 273 g/mol. The normalized spacial score (nSPS) is 11.3. The van der Waals surface area contributed by atoms with Gasteiger partial charge in [-0.3, -0.25) is 0 Å². The van der Waals surface area contributed by atoms with E-state index in [1.807, 2.05) is 13.8 Å². The first kappa shape index (κ1) is 14.7. The van der Waals surface area contributed by atoms with Gasteiger partial charge in [-0.2, -0.15) is 0 Å². The van der Waals surface area contributed by atoms with Crippen molar-refractivity contribution in [3.8, 4) is 0 Å². The Bertz CT molecular complexity index is 515. The second-order valence-corrected chi connectivity index (χ2v) is 6.28. The van der Waals surface area contributed by atoms with E-state index in [2.05, 4.69) is 20.7 Å². The lowest BCUT2D eigenvalue weighted by atomic mass is 10.3. The first-order valence-corrected chi connectivity index (χ1v) is 7.69. The fourth-order valence-electron chi connectivity index (χ4n) is 1.39. The molecule has 0 aliphatic rings. The van der Waals surface area contributed by atoms with Gasteiger partial charge >= 0.3 is 0 Å². The first-order valence-electron chi connectivity index (χ1n) is 5.63. The fraction of sp³-hybridized carbons (Fsp3) is 0.600. The highest BCUT2D eigenvalue weighted by Gasteiger charge is 2.10. The number of nitrogens with one attached hydrogen (secondary N) is 2. The van der Waals surface area contributed by atoms with Crippen LogP contribution >= 0.6 is 0 Å². The fourth-order valence-corrected chi connectivity index (χ4v) is 1.86. The number of hydrogen-bond donors (Lipinski definition) is 3. The summed E-state index contributed by atoms with van der Waals surface area (Å²) < 4.78 is 22.1. The van der Waals surface area contributed by atoms with Crippen LogP contribution in [-0.4, -0.2) is 36.9 Å². The van der Waals surface area contributed by atoms with E-state index < -0.39 is 9.84 Å². The zero-order valence-electron chi connectivity index (χ0n) is 10.8. The molecule has 102 valence electrons. The molecule has 1 aromatic heterocycles. The maximum atomic E-state index is 11.0. The summed E-state index contributed by atoms with van der Waals surface area (Å²) in [4.78, 5) is 8.53. The Hall–Kier alpha value is -1.41. The van der Waals surface area contributed by atoms with Crippen LogP contribution in [0.5, 0.6) is 0 Å². The molecule has 1 aromatic rings. The lowest BCUT2D eigenvalue weighted by molar-refractivity contribution is 0.602. The molecular formula is C10H19N5O2S. The maximum Gasteiger partial charge on any atom is 0.149 e. The van der Waals surface area contributed by atoms with Gasteiger partial charge in [0.1, 0.15) is 27.3 Å². The van der Waals surface area contributed by atoms with Crippen LogP contribution in [0, 0.1) is 6.92 Å². The molecule has 0 atom stereocenters. The average Bonchev–Trinajstić information content (AvgIpc) is 2.29. The molecule has 0 aliphatic carbocycles. The minimum atomic E-state index is -2.98. The molecule has 7 nitrogen and oxygen atoms in total. The molecule has 0 aliphatic heterocycles. The molecule has 1 heterocycles. The SMILES string of the molecule is CCc1nc(NN)c(C)c(NCCS(C)(=O)=O)n1. The Morgan fingerprint density at radius 3 is 2.39 bits per heavy atom. The van der Waals surface area contributed by atoms with Gasteiger partial charge in [-0.25, -0.2) is 24.2 Å². The Labute approximate surface area is 107 Å². The molecule has 4 N–H and O–H groups in total. The van der Waals surface area contributed by atoms with Crippen LogP contribution in [0.25, 0.3) is 0 Å². The number of nitrogens with zero attached hydrogens (tertiary/aromatic N) is 2. The molecule has 0 radical (unpaired) electrons. The number of hydrogen-bond acceptors (Lipinski definition) is 7. The van der Waals surface area contributed by atoms with Gasteiger partial charge in [0.05, 0.1) is 5.75 Å². The van der Waals surface area contributed by atoms with Gasteiger partial charge in [-0.15, -0.1) is 0 Å². The summed E-state index contributed by atoms with van der Waals surface area (Å²) in [6.45, 7) is 4.06. The predicted molar refractivity (Wildman–Crippen MR) is 72.2 cm³/mol. The standard InChI is InChI=1S/C10H19N5O2S/c1-4-8-13-9(7(2)10(14-8)15-11)12-5-6-18(3,16)17/h4-6,11H2,1-3H3,(H2,12,13,14,15). The lowest BCUT2D eigenvalue weighted by Gasteiger charge is -2.12. The number of anilines is 2. The van der Waals surface area contributed by atoms with E-state index in [4.69, 9.17) is 5.84 Å². The Morgan fingerprint density at radius 2 is 1.89 bits per heavy atom. The average molecular weight is 273 g/mol. The van der Waals surface area contributed by atoms with Crippen molar-refractivity contribution in [1.82, 2.24) is 9.97 Å². The van der Waals surface area contributed by atoms with Gasteiger partial charge < -0.3 is 10.7 Å². The van der Waals surface area contributed by atoms with Crippen molar-refractivity contribution in [2.24, 2.45) is 5.84 Å². The van der Waals surface area contributed by atoms with E-state index in [9.17, 15) is 8.42 Å². The zero-order valence-corrected chi connectivity index (χ0v) is 11.6. The molecule has 0 fully saturated rings. The van der Waals surface area contributed by atoms with E-state index in [1.165, 1.54) is 6.26 Å². The van der Waals surface area contributed by atoms with Gasteiger partial charge in [0.15, 0.2) is 0 Å². The van der Waals surface area contributed by atoms with Gasteiger partial charge in [-0.1, -0.05) is 6.92 Å². The minimum Gasteiger partial charge on any atom is -0.369 e. The third-order valence-corrected chi connectivity index (χ3v) is 3.36. The number of aromatic nitrogens is 2. The molecule has 0 unspecified atom stereocenters. The summed E-state index contributed by atoms with van der Waals surface area (Å²) in [5.41, 5.74) is 3.27. The van der Waals surface area contributed by atoms with Crippen molar-refractivity contribution in [2.75, 3.05) is 29.3 Å². The van der Waals surface area contributed by atoms with Crippen LogP contribution in [0.3, 0.4) is 0 Å². The van der Waals surface area contributed by atoms with Gasteiger partial charge in [0.2, 0.25) is 0 Å². The highest BCUT2D eigenvalue weighted by molar-refractivity contribution is 7.90. The summed E-state index contributed by atoms with van der Waals surface area (Å²) in [5, 5.41) is 2.99. The highest BCUT2D eigenvalue weighted by atomic mass is 32.2. The summed E-state index contributed by atoms with van der Waals surface area (Å²) in [5.74, 6) is 7.24. The van der Waals surface area contributed by atoms with Crippen LogP contribution in [0.2, 0.25) is 0 Å². The molecule has 0 saturated heterocycles. The summed E-state index contributed by atoms with van der Waals surface area (Å²) in [7, 11) is -2.98. The smallest absolute Gasteiger partial charge is 0.149 e. The minimum absolute atomic E-state index is 0.0588. The number of nitrogens with two attached hydrogens (primary N) is 1. The van der Waals surface area contributed by atoms with Crippen LogP contribution in [0.4, 0.5) is 11.6 Å². The molecule has 0 amide bonds. The van der Waals surface area contributed by atoms with Gasteiger partial charge in [0.25, 0.3) is 0 Å². The summed E-state index contributed by atoms with van der Waals surface area (Å²) in [6.07, 6.45) is 1.88. The molecular weight excluding hydrogens is 254 g/mol. The maximum absolute atomic E-state index is 11.0. The Kier molecular flexibility index (Phi) is 4.85. The van der Waals surface area contributed by atoms with Crippen LogP contribution in [-0.2, 0) is 16.3 Å². The number of aryl methyl sites for hydroxylation is 1. The lowest BCUT2D eigenvalue weighted by Crippen LogP contribution is -2.18. The number of nitrogen functional groups attached to an aromatic ring is 1. The number of hydrazine groups is 1. The topological polar surface area (TPSA) is 110 Å². The molecule has 8 heteroatoms. The summed E-state index contributed by atoms with van der Waals surface area (Å²) >= 11 is 0. The third kappa shape index (κ3) is 4.11. The van der Waals surface area contributed by atoms with Crippen molar-refractivity contribution in [3.05, 3.63) is 11.4 Å². The van der Waals surface area contributed by atoms with Gasteiger partial charge in [-0.05, 0) is 6.92 Å². The van der Waals surface area contributed by atoms with Crippen LogP contribution < -0.4 is 16.6 Å². The largest absolute Gasteiger partial charge is 0.369 e. The van der Waals surface area contributed by atoms with Crippen molar-refractivity contribution in [2.45, 2.75) is 20.3 Å². The molecule has 0 aromatic carbocycles. The van der Waals surface area contributed by atoms with Crippen molar-refractivity contribution >= 4 is 21.5 Å². The van der Waals surface area contributed by atoms with Crippen molar-refractivity contribution in [1.29, 1.82) is 0 Å². The number of sulfone groups is 1. The van der Waals surface area contributed by atoms with E-state index in [0.717, 1.165) is 5.56 Å². The molecule has 0 bridgehead atoms. The highest BCUT2D eigenvalue weighted by Crippen LogP contribution is 2.19. The number of rotatable bonds is 6. The molecule has 0 spiro atoms. The second-order valence-electron chi connectivity index (χ2n) is 4.02. The van der Waals surface area contributed by atoms with E-state index in [1.54, 1.807) is 0 Å². The summed E-state index contributed by atoms with van der Waals surface area (Å²) in [6, 6.07) is 0. The molecule has 1 rings (SSSR count). The van der Waals surface area contributed by atoms with Crippen molar-refractivity contribution < 1.29 is 8.42 Å². The van der Waals surface area contributed by atoms with E-state index in [0.29, 0.717) is 30.4 Å². The Balaban J connectivity index is 2.87. The van der Waals surface area contributed by atoms with Crippen LogP contribution in [0.1, 0.15) is 18.3 Å². The zero-order chi connectivity index (χ0) is 13.8. The second kappa shape index (κ2) is 5.96. The molecule has 18 heavy (non-hydrogen) atoms. The van der Waals surface area contributed by atoms with Crippen LogP contribution in [0.15, 0.2) is 0 Å².